The maximum absolute atomic E-state index is 12.9. The van der Waals surface area contributed by atoms with E-state index in [4.69, 9.17) is 14.0 Å². The minimum atomic E-state index is -0.156. The van der Waals surface area contributed by atoms with E-state index >= 15 is 0 Å². The predicted molar refractivity (Wildman–Crippen MR) is 87.9 cm³/mol. The second kappa shape index (κ2) is 6.93. The minimum absolute atomic E-state index is 0.0317. The van der Waals surface area contributed by atoms with Crippen molar-refractivity contribution in [3.05, 3.63) is 47.6 Å². The molecule has 0 radical (unpaired) electrons. The lowest BCUT2D eigenvalue weighted by Crippen LogP contribution is -2.43. The lowest BCUT2D eigenvalue weighted by atomic mass is 10.0. The molecule has 0 saturated carbocycles. The van der Waals surface area contributed by atoms with Gasteiger partial charge in [-0.2, -0.15) is 0 Å². The zero-order chi connectivity index (χ0) is 17.2. The van der Waals surface area contributed by atoms with Gasteiger partial charge in [0.1, 0.15) is 23.5 Å². The molecule has 7 nitrogen and oxygen atoms in total. The number of aryl methyl sites for hydroxylation is 1. The van der Waals surface area contributed by atoms with Crippen LogP contribution < -0.4 is 0 Å². The second-order valence-corrected chi connectivity index (χ2v) is 6.47. The van der Waals surface area contributed by atoms with Gasteiger partial charge >= 0.3 is 0 Å². The summed E-state index contributed by atoms with van der Waals surface area (Å²) in [6.07, 6.45) is 4.85. The quantitative estimate of drug-likeness (QED) is 0.845. The van der Waals surface area contributed by atoms with Gasteiger partial charge in [-0.1, -0.05) is 11.2 Å². The molecule has 2 fully saturated rings. The van der Waals surface area contributed by atoms with Crippen molar-refractivity contribution < 1.29 is 18.8 Å². The van der Waals surface area contributed by atoms with Crippen molar-refractivity contribution in [2.24, 2.45) is 0 Å². The molecular weight excluding hydrogens is 322 g/mol. The summed E-state index contributed by atoms with van der Waals surface area (Å²) >= 11 is 0. The van der Waals surface area contributed by atoms with Crippen LogP contribution in [0.3, 0.4) is 0 Å². The maximum Gasteiger partial charge on any atom is 0.259 e. The zero-order valence-corrected chi connectivity index (χ0v) is 14.1. The Morgan fingerprint density at radius 2 is 2.36 bits per heavy atom. The Morgan fingerprint density at radius 3 is 3.12 bits per heavy atom. The van der Waals surface area contributed by atoms with E-state index in [0.29, 0.717) is 31.1 Å². The van der Waals surface area contributed by atoms with Crippen molar-refractivity contribution in [2.45, 2.75) is 44.6 Å². The Kier molecular flexibility index (Phi) is 4.50. The van der Waals surface area contributed by atoms with Crippen LogP contribution in [0.5, 0.6) is 0 Å². The number of hydrogen-bond donors (Lipinski definition) is 0. The number of ether oxygens (including phenoxy) is 2. The molecule has 0 spiro atoms. The molecule has 0 aromatic carbocycles. The second-order valence-electron chi connectivity index (χ2n) is 6.47. The molecule has 2 aliphatic rings. The van der Waals surface area contributed by atoms with Gasteiger partial charge in [0.15, 0.2) is 0 Å². The third-order valence-electron chi connectivity index (χ3n) is 4.89. The first-order valence-corrected chi connectivity index (χ1v) is 8.59. The molecule has 0 unspecified atom stereocenters. The van der Waals surface area contributed by atoms with Crippen LogP contribution in [0.4, 0.5) is 0 Å². The number of carbonyl (C=O) groups is 1. The van der Waals surface area contributed by atoms with Crippen LogP contribution in [0.25, 0.3) is 0 Å². The summed E-state index contributed by atoms with van der Waals surface area (Å²) in [4.78, 5) is 19.0. The van der Waals surface area contributed by atoms with Crippen LogP contribution >= 0.6 is 0 Å². The van der Waals surface area contributed by atoms with Crippen molar-refractivity contribution >= 4 is 5.91 Å². The average molecular weight is 343 g/mol. The van der Waals surface area contributed by atoms with Gasteiger partial charge in [0.05, 0.1) is 31.1 Å². The van der Waals surface area contributed by atoms with Crippen molar-refractivity contribution in [3.63, 3.8) is 0 Å². The lowest BCUT2D eigenvalue weighted by Gasteiger charge is -2.32. The summed E-state index contributed by atoms with van der Waals surface area (Å²) < 4.78 is 17.1. The Bertz CT molecular complexity index is 733. The monoisotopic (exact) mass is 343 g/mol. The molecule has 7 heteroatoms. The van der Waals surface area contributed by atoms with Crippen molar-refractivity contribution in [3.8, 4) is 0 Å². The summed E-state index contributed by atoms with van der Waals surface area (Å²) in [6.45, 7) is 3.37. The summed E-state index contributed by atoms with van der Waals surface area (Å²) in [5.41, 5.74) is 1.38. The standard InChI is InChI=1S/C18H21N3O4/c1-12-14(9-20-25-12)18(22)21-10-16(17-15(21)6-4-8-23-17)24-11-13-5-2-3-7-19-13/h2-3,5,7,9,15-17H,4,6,8,10-11H2,1H3/t15-,16+,17+/m0/s1. The number of carbonyl (C=O) groups excluding carboxylic acids is 1. The molecule has 4 rings (SSSR count). The van der Waals surface area contributed by atoms with Gasteiger partial charge in [-0.3, -0.25) is 9.78 Å². The van der Waals surface area contributed by atoms with Crippen LogP contribution in [0.15, 0.2) is 35.1 Å². The summed E-state index contributed by atoms with van der Waals surface area (Å²) in [6, 6.07) is 5.77. The molecule has 0 N–H and O–H groups in total. The molecular formula is C18H21N3O4. The normalized spacial score (nSPS) is 25.8. The highest BCUT2D eigenvalue weighted by Gasteiger charge is 2.47. The molecule has 2 aromatic rings. The van der Waals surface area contributed by atoms with E-state index in [0.717, 1.165) is 18.5 Å². The highest BCUT2D eigenvalue weighted by atomic mass is 16.5. The molecule has 132 valence electrons. The number of pyridine rings is 1. The van der Waals surface area contributed by atoms with Gasteiger partial charge in [-0.25, -0.2) is 0 Å². The van der Waals surface area contributed by atoms with E-state index < -0.39 is 0 Å². The number of hydrogen-bond acceptors (Lipinski definition) is 6. The molecule has 2 saturated heterocycles. The third kappa shape index (κ3) is 3.17. The van der Waals surface area contributed by atoms with E-state index in [9.17, 15) is 4.79 Å². The highest BCUT2D eigenvalue weighted by molar-refractivity contribution is 5.95. The van der Waals surface area contributed by atoms with Crippen LogP contribution in [0, 0.1) is 6.92 Å². The van der Waals surface area contributed by atoms with Crippen molar-refractivity contribution in [1.29, 1.82) is 0 Å². The van der Waals surface area contributed by atoms with E-state index in [1.807, 2.05) is 23.1 Å². The molecule has 2 aliphatic heterocycles. The highest BCUT2D eigenvalue weighted by Crippen LogP contribution is 2.32. The van der Waals surface area contributed by atoms with E-state index in [-0.39, 0.29) is 24.2 Å². The Balaban J connectivity index is 1.49. The first-order valence-electron chi connectivity index (χ1n) is 8.59. The lowest BCUT2D eigenvalue weighted by molar-refractivity contribution is -0.0814. The fourth-order valence-corrected chi connectivity index (χ4v) is 3.62. The van der Waals surface area contributed by atoms with E-state index in [2.05, 4.69) is 10.1 Å². The van der Waals surface area contributed by atoms with Gasteiger partial charge in [0, 0.05) is 12.8 Å². The molecule has 4 heterocycles. The van der Waals surface area contributed by atoms with Crippen LogP contribution in [0.2, 0.25) is 0 Å². The molecule has 0 bridgehead atoms. The van der Waals surface area contributed by atoms with Gasteiger partial charge < -0.3 is 18.9 Å². The smallest absolute Gasteiger partial charge is 0.259 e. The molecule has 25 heavy (non-hydrogen) atoms. The summed E-state index contributed by atoms with van der Waals surface area (Å²) in [7, 11) is 0. The van der Waals surface area contributed by atoms with Crippen LogP contribution in [-0.4, -0.2) is 52.3 Å². The van der Waals surface area contributed by atoms with Crippen LogP contribution in [0.1, 0.15) is 34.7 Å². The fourth-order valence-electron chi connectivity index (χ4n) is 3.62. The zero-order valence-electron chi connectivity index (χ0n) is 14.1. The number of nitrogens with zero attached hydrogens (tertiary/aromatic N) is 3. The van der Waals surface area contributed by atoms with Gasteiger partial charge in [0.25, 0.3) is 5.91 Å². The first kappa shape index (κ1) is 16.2. The Morgan fingerprint density at radius 1 is 1.44 bits per heavy atom. The minimum Gasteiger partial charge on any atom is -0.373 e. The topological polar surface area (TPSA) is 77.7 Å². The number of likely N-dealkylation sites (tertiary alicyclic amines) is 1. The van der Waals surface area contributed by atoms with Crippen molar-refractivity contribution in [2.75, 3.05) is 13.2 Å². The summed E-state index contributed by atoms with van der Waals surface area (Å²) in [5.74, 6) is 0.472. The third-order valence-corrected chi connectivity index (χ3v) is 4.89. The first-order chi connectivity index (χ1) is 12.2. The van der Waals surface area contributed by atoms with E-state index in [1.165, 1.54) is 6.20 Å². The van der Waals surface area contributed by atoms with Crippen molar-refractivity contribution in [1.82, 2.24) is 15.0 Å². The largest absolute Gasteiger partial charge is 0.373 e. The van der Waals surface area contributed by atoms with Gasteiger partial charge in [-0.15, -0.1) is 0 Å². The Hall–Kier alpha value is -2.25. The Labute approximate surface area is 145 Å². The molecule has 2 aromatic heterocycles. The van der Waals surface area contributed by atoms with Gasteiger partial charge in [0.2, 0.25) is 0 Å². The SMILES string of the molecule is Cc1oncc1C(=O)N1C[C@@H](OCc2ccccn2)[C@@H]2OCCC[C@@H]21. The van der Waals surface area contributed by atoms with Crippen LogP contribution in [-0.2, 0) is 16.1 Å². The van der Waals surface area contributed by atoms with E-state index in [1.54, 1.807) is 13.1 Å². The maximum atomic E-state index is 12.9. The number of fused-ring (bicyclic) bond motifs is 1. The number of amides is 1. The summed E-state index contributed by atoms with van der Waals surface area (Å²) in [5, 5.41) is 3.72. The number of rotatable bonds is 4. The fraction of sp³-hybridized carbons (Fsp3) is 0.500. The molecule has 3 atom stereocenters. The molecule has 1 amide bonds. The predicted octanol–water partition coefficient (Wildman–Crippen LogP) is 1.97. The number of aromatic nitrogens is 2. The van der Waals surface area contributed by atoms with Gasteiger partial charge in [-0.05, 0) is 31.9 Å². The molecule has 0 aliphatic carbocycles. The average Bonchev–Trinajstić information content (AvgIpc) is 3.24.